The molecular weight excluding hydrogens is 458 g/mol. The van der Waals surface area contributed by atoms with E-state index < -0.39 is 5.54 Å². The molecule has 0 bridgehead atoms. The molecule has 1 spiro atoms. The van der Waals surface area contributed by atoms with Crippen LogP contribution in [-0.2, 0) is 16.5 Å². The maximum Gasteiger partial charge on any atom is 0.325 e. The van der Waals surface area contributed by atoms with Crippen LogP contribution >= 0.6 is 0 Å². The van der Waals surface area contributed by atoms with Crippen LogP contribution in [0.1, 0.15) is 49.2 Å². The summed E-state index contributed by atoms with van der Waals surface area (Å²) in [6.45, 7) is 8.43. The normalized spacial score (nSPS) is 25.5. The lowest BCUT2D eigenvalue weighted by Gasteiger charge is -2.44. The summed E-state index contributed by atoms with van der Waals surface area (Å²) in [4.78, 5) is 32.9. The van der Waals surface area contributed by atoms with Crippen LogP contribution in [0, 0.1) is 12.8 Å². The van der Waals surface area contributed by atoms with Gasteiger partial charge in [-0.25, -0.2) is 4.79 Å². The van der Waals surface area contributed by atoms with E-state index >= 15 is 0 Å². The molecule has 0 N–H and O–H groups in total. The zero-order chi connectivity index (χ0) is 25.8. The van der Waals surface area contributed by atoms with E-state index in [1.54, 1.807) is 25.1 Å². The first-order valence-electron chi connectivity index (χ1n) is 12.8. The van der Waals surface area contributed by atoms with Gasteiger partial charge in [0.25, 0.3) is 5.91 Å². The van der Waals surface area contributed by atoms with Gasteiger partial charge < -0.3 is 19.3 Å². The van der Waals surface area contributed by atoms with Crippen LogP contribution in [-0.4, -0.2) is 88.5 Å². The lowest BCUT2D eigenvalue weighted by molar-refractivity contribution is 0.0574. The molecule has 0 saturated carbocycles. The molecule has 2 unspecified atom stereocenters. The smallest absolute Gasteiger partial charge is 0.325 e. The summed E-state index contributed by atoms with van der Waals surface area (Å²) in [6.07, 6.45) is 8.21. The highest BCUT2D eigenvalue weighted by molar-refractivity contribution is 5.95. The predicted molar refractivity (Wildman–Crippen MR) is 135 cm³/mol. The van der Waals surface area contributed by atoms with E-state index in [9.17, 15) is 9.59 Å². The molecule has 194 valence electrons. The fraction of sp³-hybridized carbons (Fsp3) is 0.593. The van der Waals surface area contributed by atoms with Crippen molar-refractivity contribution in [3.8, 4) is 0 Å². The molecule has 1 aliphatic carbocycles. The van der Waals surface area contributed by atoms with Crippen molar-refractivity contribution >= 4 is 11.9 Å². The van der Waals surface area contributed by atoms with Gasteiger partial charge in [0.1, 0.15) is 0 Å². The Morgan fingerprint density at radius 3 is 2.56 bits per heavy atom. The van der Waals surface area contributed by atoms with Gasteiger partial charge in [0.2, 0.25) is 0 Å². The fourth-order valence-electron chi connectivity index (χ4n) is 6.65. The number of hydrogen-bond donors (Lipinski definition) is 0. The Morgan fingerprint density at radius 1 is 1.25 bits per heavy atom. The summed E-state index contributed by atoms with van der Waals surface area (Å²) >= 11 is 0. The fourth-order valence-corrected chi connectivity index (χ4v) is 6.65. The number of rotatable bonds is 4. The monoisotopic (exact) mass is 495 g/mol. The Balaban J connectivity index is 1.46. The lowest BCUT2D eigenvalue weighted by atomic mass is 9.80. The van der Waals surface area contributed by atoms with Crippen molar-refractivity contribution in [3.05, 3.63) is 52.2 Å². The van der Waals surface area contributed by atoms with Crippen LogP contribution in [0.25, 0.3) is 0 Å². The number of carbonyl (C=O) groups excluding carboxylic acids is 2. The van der Waals surface area contributed by atoms with Gasteiger partial charge in [-0.3, -0.25) is 14.4 Å². The van der Waals surface area contributed by atoms with Crippen molar-refractivity contribution in [3.63, 3.8) is 0 Å². The minimum Gasteiger partial charge on any atom is -0.501 e. The highest BCUT2D eigenvalue weighted by Crippen LogP contribution is 2.47. The number of ether oxygens (including phenoxy) is 2. The first kappa shape index (κ1) is 24.6. The number of nitrogens with zero attached hydrogens (tertiary/aromatic N) is 5. The molecule has 2 atom stereocenters. The molecule has 3 aliphatic heterocycles. The average Bonchev–Trinajstić information content (AvgIpc) is 3.24. The van der Waals surface area contributed by atoms with E-state index in [1.165, 1.54) is 5.57 Å². The SMILES string of the molecule is CCN1C(=O)N2CC3=C(C(C)C=C2C12CCN(C(=O)c1cn(C)nc1C)CC2)C(OC)CC(OC)=C3. The second-order valence-electron chi connectivity index (χ2n) is 10.3. The Bertz CT molecular complexity index is 1170. The molecule has 9 heteroatoms. The highest BCUT2D eigenvalue weighted by atomic mass is 16.5. The second-order valence-corrected chi connectivity index (χ2v) is 10.3. The van der Waals surface area contributed by atoms with Gasteiger partial charge in [-0.15, -0.1) is 0 Å². The number of carbonyl (C=O) groups is 2. The number of hydrogen-bond acceptors (Lipinski definition) is 5. The van der Waals surface area contributed by atoms with Gasteiger partial charge in [0.05, 0.1) is 42.3 Å². The standard InChI is InChI=1S/C27H37N5O4/c1-7-32-26(34)31-15-19-13-20(35-5)14-22(36-6)24(19)17(2)12-23(31)27(32)8-10-30(11-9-27)25(33)21-16-29(4)28-18(21)3/h12-13,16-17,22H,7-11,14-15H2,1-6H3. The number of urea groups is 1. The Labute approximate surface area is 213 Å². The molecule has 3 amide bonds. The van der Waals surface area contributed by atoms with Gasteiger partial charge >= 0.3 is 6.03 Å². The van der Waals surface area contributed by atoms with E-state index in [0.29, 0.717) is 51.0 Å². The van der Waals surface area contributed by atoms with E-state index in [0.717, 1.165) is 22.7 Å². The molecule has 5 rings (SSSR count). The third-order valence-corrected chi connectivity index (χ3v) is 8.40. The maximum atomic E-state index is 13.8. The highest BCUT2D eigenvalue weighted by Gasteiger charge is 2.55. The number of aromatic nitrogens is 2. The molecule has 36 heavy (non-hydrogen) atoms. The van der Waals surface area contributed by atoms with Crippen LogP contribution in [0.15, 0.2) is 41.0 Å². The van der Waals surface area contributed by atoms with E-state index in [1.807, 2.05) is 35.6 Å². The number of aryl methyl sites for hydroxylation is 2. The Morgan fingerprint density at radius 2 is 1.97 bits per heavy atom. The molecule has 2 fully saturated rings. The molecule has 0 radical (unpaired) electrons. The summed E-state index contributed by atoms with van der Waals surface area (Å²) in [5, 5.41) is 4.34. The van der Waals surface area contributed by atoms with Crippen molar-refractivity contribution in [2.45, 2.75) is 51.7 Å². The molecule has 2 saturated heterocycles. The average molecular weight is 496 g/mol. The topological polar surface area (TPSA) is 80.1 Å². The Hall–Kier alpha value is -3.07. The van der Waals surface area contributed by atoms with Crippen LogP contribution in [0.5, 0.6) is 0 Å². The van der Waals surface area contributed by atoms with E-state index in [2.05, 4.69) is 24.2 Å². The second kappa shape index (κ2) is 9.10. The summed E-state index contributed by atoms with van der Waals surface area (Å²) in [7, 11) is 5.26. The lowest BCUT2D eigenvalue weighted by Crippen LogP contribution is -2.54. The summed E-state index contributed by atoms with van der Waals surface area (Å²) < 4.78 is 13.1. The molecule has 1 aromatic heterocycles. The van der Waals surface area contributed by atoms with Crippen molar-refractivity contribution < 1.29 is 19.1 Å². The molecular formula is C27H37N5O4. The number of likely N-dealkylation sites (N-methyl/N-ethyl adjacent to an activating group) is 1. The number of likely N-dealkylation sites (tertiary alicyclic amines) is 1. The minimum atomic E-state index is -0.411. The maximum absolute atomic E-state index is 13.8. The largest absolute Gasteiger partial charge is 0.501 e. The third-order valence-electron chi connectivity index (χ3n) is 8.40. The van der Waals surface area contributed by atoms with Gasteiger partial charge in [-0.05, 0) is 43.9 Å². The van der Waals surface area contributed by atoms with Crippen molar-refractivity contribution in [2.24, 2.45) is 13.0 Å². The van der Waals surface area contributed by atoms with Crippen LogP contribution in [0.4, 0.5) is 4.79 Å². The van der Waals surface area contributed by atoms with Gasteiger partial charge in [0.15, 0.2) is 0 Å². The number of allylic oxidation sites excluding steroid dienone is 1. The zero-order valence-electron chi connectivity index (χ0n) is 22.2. The van der Waals surface area contributed by atoms with Gasteiger partial charge in [-0.1, -0.05) is 13.0 Å². The first-order chi connectivity index (χ1) is 17.2. The van der Waals surface area contributed by atoms with Gasteiger partial charge in [-0.2, -0.15) is 5.10 Å². The van der Waals surface area contributed by atoms with Crippen LogP contribution in [0.2, 0.25) is 0 Å². The summed E-state index contributed by atoms with van der Waals surface area (Å²) in [6, 6.07) is 0.0412. The van der Waals surface area contributed by atoms with Crippen LogP contribution in [0.3, 0.4) is 0 Å². The molecule has 0 aromatic carbocycles. The molecule has 1 aromatic rings. The quantitative estimate of drug-likeness (QED) is 0.641. The van der Waals surface area contributed by atoms with E-state index in [4.69, 9.17) is 9.47 Å². The zero-order valence-corrected chi connectivity index (χ0v) is 22.2. The summed E-state index contributed by atoms with van der Waals surface area (Å²) in [5.74, 6) is 1.02. The third kappa shape index (κ3) is 3.67. The van der Waals surface area contributed by atoms with Gasteiger partial charge in [0, 0.05) is 58.0 Å². The van der Waals surface area contributed by atoms with Crippen LogP contribution < -0.4 is 0 Å². The number of methoxy groups -OCH3 is 2. The van der Waals surface area contributed by atoms with E-state index in [-0.39, 0.29) is 24.0 Å². The first-order valence-corrected chi connectivity index (χ1v) is 12.8. The van der Waals surface area contributed by atoms with Crippen molar-refractivity contribution in [1.82, 2.24) is 24.5 Å². The molecule has 9 nitrogen and oxygen atoms in total. The summed E-state index contributed by atoms with van der Waals surface area (Å²) in [5.41, 5.74) is 4.38. The van der Waals surface area contributed by atoms with Crippen molar-refractivity contribution in [2.75, 3.05) is 40.4 Å². The van der Waals surface area contributed by atoms with Crippen molar-refractivity contribution in [1.29, 1.82) is 0 Å². The number of amides is 3. The number of piperidine rings is 1. The molecule has 4 aliphatic rings. The number of fused-ring (bicyclic) bond motifs is 2. The molecule has 4 heterocycles. The predicted octanol–water partition coefficient (Wildman–Crippen LogP) is 3.24. The minimum absolute atomic E-state index is 0.0141. The Kier molecular flexibility index (Phi) is 6.22.